The van der Waals surface area contributed by atoms with Crippen LogP contribution >= 0.6 is 0 Å². The maximum atomic E-state index is 12.2. The lowest BCUT2D eigenvalue weighted by Gasteiger charge is -2.35. The highest BCUT2D eigenvalue weighted by Crippen LogP contribution is 2.30. The van der Waals surface area contributed by atoms with Gasteiger partial charge in [-0.25, -0.2) is 0 Å². The first-order valence-electron chi connectivity index (χ1n) is 7.15. The van der Waals surface area contributed by atoms with Crippen molar-refractivity contribution in [2.75, 3.05) is 0 Å². The van der Waals surface area contributed by atoms with E-state index in [2.05, 4.69) is 19.2 Å². The first-order chi connectivity index (χ1) is 8.09. The monoisotopic (exact) mass is 238 g/mol. The minimum atomic E-state index is 0.0689. The normalized spacial score (nSPS) is 42.4. The van der Waals surface area contributed by atoms with E-state index in [0.717, 1.165) is 31.6 Å². The predicted molar refractivity (Wildman–Crippen MR) is 69.4 cm³/mol. The van der Waals surface area contributed by atoms with E-state index in [1.54, 1.807) is 0 Å². The van der Waals surface area contributed by atoms with Gasteiger partial charge in [0, 0.05) is 12.1 Å². The molecular weight excluding hydrogens is 212 g/mol. The summed E-state index contributed by atoms with van der Waals surface area (Å²) in [4.78, 5) is 12.2. The van der Waals surface area contributed by atoms with Crippen LogP contribution in [-0.4, -0.2) is 18.0 Å². The Labute approximate surface area is 105 Å². The smallest absolute Gasteiger partial charge is 0.224 e. The Hall–Kier alpha value is -0.570. The summed E-state index contributed by atoms with van der Waals surface area (Å²) in [7, 11) is 0. The summed E-state index contributed by atoms with van der Waals surface area (Å²) in [5.41, 5.74) is 5.99. The molecule has 2 saturated carbocycles. The Morgan fingerprint density at radius 2 is 1.82 bits per heavy atom. The van der Waals surface area contributed by atoms with E-state index in [4.69, 9.17) is 5.73 Å². The Kier molecular flexibility index (Phi) is 4.08. The second kappa shape index (κ2) is 5.38. The van der Waals surface area contributed by atoms with Crippen LogP contribution in [0.2, 0.25) is 0 Å². The van der Waals surface area contributed by atoms with E-state index < -0.39 is 0 Å². The average molecular weight is 238 g/mol. The van der Waals surface area contributed by atoms with Gasteiger partial charge in [-0.05, 0) is 31.1 Å². The maximum Gasteiger partial charge on any atom is 0.224 e. The molecule has 3 heteroatoms. The van der Waals surface area contributed by atoms with Crippen molar-refractivity contribution in [3.8, 4) is 0 Å². The lowest BCUT2D eigenvalue weighted by Crippen LogP contribution is -2.48. The second-order valence-electron chi connectivity index (χ2n) is 6.08. The van der Waals surface area contributed by atoms with Gasteiger partial charge in [-0.2, -0.15) is 0 Å². The lowest BCUT2D eigenvalue weighted by molar-refractivity contribution is -0.126. The quantitative estimate of drug-likeness (QED) is 0.773. The van der Waals surface area contributed by atoms with Crippen molar-refractivity contribution < 1.29 is 4.79 Å². The third-order valence-corrected chi connectivity index (χ3v) is 4.94. The van der Waals surface area contributed by atoms with Gasteiger partial charge >= 0.3 is 0 Å². The van der Waals surface area contributed by atoms with E-state index in [1.807, 2.05) is 0 Å². The van der Waals surface area contributed by atoms with Crippen LogP contribution in [0.25, 0.3) is 0 Å². The summed E-state index contributed by atoms with van der Waals surface area (Å²) in [6.45, 7) is 4.56. The molecule has 1 amide bonds. The largest absolute Gasteiger partial charge is 0.353 e. The molecule has 0 aromatic heterocycles. The molecule has 0 radical (unpaired) electrons. The highest BCUT2D eigenvalue weighted by molar-refractivity contribution is 5.80. The van der Waals surface area contributed by atoms with Gasteiger partial charge in [0.15, 0.2) is 0 Å². The Balaban J connectivity index is 1.89. The number of hydrogen-bond acceptors (Lipinski definition) is 2. The minimum absolute atomic E-state index is 0.0689. The zero-order valence-corrected chi connectivity index (χ0v) is 11.1. The first-order valence-corrected chi connectivity index (χ1v) is 7.15. The topological polar surface area (TPSA) is 55.1 Å². The zero-order chi connectivity index (χ0) is 12.4. The SMILES string of the molecule is CC1CCCC(NC(=O)C2CCCC2N)C1C. The molecule has 17 heavy (non-hydrogen) atoms. The van der Waals surface area contributed by atoms with Gasteiger partial charge in [0.2, 0.25) is 5.91 Å². The molecule has 2 fully saturated rings. The van der Waals surface area contributed by atoms with Crippen molar-refractivity contribution in [1.29, 1.82) is 0 Å². The number of nitrogens with one attached hydrogen (secondary N) is 1. The molecule has 5 unspecified atom stereocenters. The molecular formula is C14H26N2O. The molecule has 0 aromatic carbocycles. The molecule has 0 aromatic rings. The van der Waals surface area contributed by atoms with Gasteiger partial charge in [-0.3, -0.25) is 4.79 Å². The van der Waals surface area contributed by atoms with E-state index in [0.29, 0.717) is 12.0 Å². The molecule has 98 valence electrons. The highest BCUT2D eigenvalue weighted by Gasteiger charge is 2.34. The summed E-state index contributed by atoms with van der Waals surface area (Å²) in [5, 5.41) is 3.25. The fourth-order valence-electron chi connectivity index (χ4n) is 3.39. The van der Waals surface area contributed by atoms with Crippen LogP contribution in [0, 0.1) is 17.8 Å². The van der Waals surface area contributed by atoms with Crippen molar-refractivity contribution in [3.05, 3.63) is 0 Å². The van der Waals surface area contributed by atoms with Crippen LogP contribution in [-0.2, 0) is 4.79 Å². The number of carbonyl (C=O) groups is 1. The summed E-state index contributed by atoms with van der Waals surface area (Å²) >= 11 is 0. The molecule has 2 rings (SSSR count). The third-order valence-electron chi connectivity index (χ3n) is 4.94. The van der Waals surface area contributed by atoms with Gasteiger partial charge in [-0.1, -0.05) is 33.1 Å². The minimum Gasteiger partial charge on any atom is -0.353 e. The molecule has 0 heterocycles. The predicted octanol–water partition coefficient (Wildman–Crippen LogP) is 2.05. The van der Waals surface area contributed by atoms with E-state index >= 15 is 0 Å². The van der Waals surface area contributed by atoms with Crippen molar-refractivity contribution in [2.45, 2.75) is 64.5 Å². The summed E-state index contributed by atoms with van der Waals surface area (Å²) in [5.74, 6) is 1.61. The van der Waals surface area contributed by atoms with Crippen LogP contribution in [0.1, 0.15) is 52.4 Å². The van der Waals surface area contributed by atoms with Gasteiger partial charge in [0.1, 0.15) is 0 Å². The number of nitrogens with two attached hydrogens (primary N) is 1. The number of hydrogen-bond donors (Lipinski definition) is 2. The van der Waals surface area contributed by atoms with Crippen molar-refractivity contribution >= 4 is 5.91 Å². The number of carbonyl (C=O) groups excluding carboxylic acids is 1. The number of rotatable bonds is 2. The van der Waals surface area contributed by atoms with Crippen LogP contribution in [0.4, 0.5) is 0 Å². The standard InChI is InChI=1S/C14H26N2O/c1-9-5-3-8-13(10(9)2)16-14(17)11-6-4-7-12(11)15/h9-13H,3-8,15H2,1-2H3,(H,16,17). The fourth-order valence-corrected chi connectivity index (χ4v) is 3.39. The molecule has 2 aliphatic rings. The molecule has 0 bridgehead atoms. The third kappa shape index (κ3) is 2.82. The average Bonchev–Trinajstić information content (AvgIpc) is 2.71. The zero-order valence-electron chi connectivity index (χ0n) is 11.1. The molecule has 3 nitrogen and oxygen atoms in total. The van der Waals surface area contributed by atoms with Gasteiger partial charge in [0.25, 0.3) is 0 Å². The first kappa shape index (κ1) is 12.9. The van der Waals surface area contributed by atoms with Gasteiger partial charge in [0.05, 0.1) is 5.92 Å². The van der Waals surface area contributed by atoms with E-state index in [1.165, 1.54) is 12.8 Å². The van der Waals surface area contributed by atoms with Gasteiger partial charge in [-0.15, -0.1) is 0 Å². The van der Waals surface area contributed by atoms with Crippen molar-refractivity contribution in [3.63, 3.8) is 0 Å². The lowest BCUT2D eigenvalue weighted by atomic mass is 9.78. The Morgan fingerprint density at radius 3 is 2.47 bits per heavy atom. The number of amides is 1. The van der Waals surface area contributed by atoms with Crippen LogP contribution in [0.3, 0.4) is 0 Å². The van der Waals surface area contributed by atoms with Crippen molar-refractivity contribution in [2.24, 2.45) is 23.5 Å². The van der Waals surface area contributed by atoms with Crippen LogP contribution in [0.15, 0.2) is 0 Å². The van der Waals surface area contributed by atoms with E-state index in [-0.39, 0.29) is 17.9 Å². The second-order valence-corrected chi connectivity index (χ2v) is 6.08. The summed E-state index contributed by atoms with van der Waals surface area (Å²) in [6, 6.07) is 0.463. The molecule has 0 saturated heterocycles. The fraction of sp³-hybridized carbons (Fsp3) is 0.929. The molecule has 0 spiro atoms. The molecule has 0 aliphatic heterocycles. The van der Waals surface area contributed by atoms with E-state index in [9.17, 15) is 4.79 Å². The Morgan fingerprint density at radius 1 is 1.12 bits per heavy atom. The molecule has 2 aliphatic carbocycles. The molecule has 5 atom stereocenters. The molecule has 3 N–H and O–H groups in total. The summed E-state index contributed by atoms with van der Waals surface area (Å²) in [6.07, 6.45) is 6.77. The van der Waals surface area contributed by atoms with Crippen molar-refractivity contribution in [1.82, 2.24) is 5.32 Å². The summed E-state index contributed by atoms with van der Waals surface area (Å²) < 4.78 is 0. The van der Waals surface area contributed by atoms with Crippen LogP contribution < -0.4 is 11.1 Å². The van der Waals surface area contributed by atoms with Gasteiger partial charge < -0.3 is 11.1 Å². The Bertz CT molecular complexity index is 279. The maximum absolute atomic E-state index is 12.2. The van der Waals surface area contributed by atoms with Crippen LogP contribution in [0.5, 0.6) is 0 Å². The highest BCUT2D eigenvalue weighted by atomic mass is 16.2.